The summed E-state index contributed by atoms with van der Waals surface area (Å²) in [7, 11) is 0. The maximum atomic E-state index is 13.2. The van der Waals surface area contributed by atoms with Gasteiger partial charge in [-0.15, -0.1) is 0 Å². The van der Waals surface area contributed by atoms with Crippen LogP contribution in [0.3, 0.4) is 0 Å². The lowest BCUT2D eigenvalue weighted by Crippen LogP contribution is -2.13. The van der Waals surface area contributed by atoms with Gasteiger partial charge in [0.1, 0.15) is 17.5 Å². The number of carbonyl (C=O) groups is 1. The Kier molecular flexibility index (Phi) is 5.95. The zero-order valence-electron chi connectivity index (χ0n) is 15.3. The van der Waals surface area contributed by atoms with E-state index >= 15 is 0 Å². The van der Waals surface area contributed by atoms with Crippen molar-refractivity contribution in [3.63, 3.8) is 0 Å². The van der Waals surface area contributed by atoms with E-state index in [-0.39, 0.29) is 11.4 Å². The lowest BCUT2D eigenvalue weighted by atomic mass is 10.1. The minimum Gasteiger partial charge on any atom is -0.321 e. The van der Waals surface area contributed by atoms with E-state index in [0.29, 0.717) is 5.69 Å². The quantitative estimate of drug-likeness (QED) is 0.307. The van der Waals surface area contributed by atoms with E-state index in [0.717, 1.165) is 26.2 Å². The molecule has 3 aromatic rings. The van der Waals surface area contributed by atoms with Gasteiger partial charge in [-0.1, -0.05) is 0 Å². The predicted octanol–water partition coefficient (Wildman–Crippen LogP) is 5.38. The van der Waals surface area contributed by atoms with Gasteiger partial charge in [0.15, 0.2) is 0 Å². The molecule has 140 valence electrons. The van der Waals surface area contributed by atoms with Gasteiger partial charge >= 0.3 is 0 Å². The first-order valence-electron chi connectivity index (χ1n) is 8.52. The second-order valence-electron chi connectivity index (χ2n) is 6.27. The summed E-state index contributed by atoms with van der Waals surface area (Å²) in [6.45, 7) is 3.82. The Morgan fingerprint density at radius 2 is 1.79 bits per heavy atom. The van der Waals surface area contributed by atoms with Gasteiger partial charge in [0.2, 0.25) is 0 Å². The van der Waals surface area contributed by atoms with Crippen molar-refractivity contribution in [3.8, 4) is 11.8 Å². The summed E-state index contributed by atoms with van der Waals surface area (Å²) < 4.78 is 16.2. The molecule has 1 amide bonds. The number of carbonyl (C=O) groups excluding carboxylic acids is 1. The average molecular weight is 485 g/mol. The van der Waals surface area contributed by atoms with Crippen molar-refractivity contribution in [2.24, 2.45) is 0 Å². The molecule has 1 aromatic heterocycles. The number of aryl methyl sites for hydroxylation is 1. The smallest absolute Gasteiger partial charge is 0.266 e. The van der Waals surface area contributed by atoms with Crippen molar-refractivity contribution in [3.05, 3.63) is 86.5 Å². The van der Waals surface area contributed by atoms with E-state index in [1.165, 1.54) is 12.1 Å². The molecule has 3 rings (SSSR count). The number of nitrogens with zero attached hydrogens (tertiary/aromatic N) is 2. The lowest BCUT2D eigenvalue weighted by Gasteiger charge is -2.09. The van der Waals surface area contributed by atoms with E-state index in [9.17, 15) is 14.4 Å². The van der Waals surface area contributed by atoms with Crippen molar-refractivity contribution in [1.29, 1.82) is 5.26 Å². The topological polar surface area (TPSA) is 57.8 Å². The summed E-state index contributed by atoms with van der Waals surface area (Å²) in [5, 5.41) is 12.2. The third-order valence-electron chi connectivity index (χ3n) is 4.32. The first-order valence-corrected chi connectivity index (χ1v) is 9.60. The minimum absolute atomic E-state index is 0.0120. The summed E-state index contributed by atoms with van der Waals surface area (Å²) in [4.78, 5) is 12.5. The molecule has 0 aliphatic carbocycles. The van der Waals surface area contributed by atoms with Crippen LogP contribution in [0.5, 0.6) is 0 Å². The maximum Gasteiger partial charge on any atom is 0.266 e. The highest BCUT2D eigenvalue weighted by Gasteiger charge is 2.14. The van der Waals surface area contributed by atoms with Crippen LogP contribution in [0.1, 0.15) is 17.0 Å². The molecule has 4 nitrogen and oxygen atoms in total. The fourth-order valence-electron chi connectivity index (χ4n) is 2.96. The summed E-state index contributed by atoms with van der Waals surface area (Å²) >= 11 is 2.18. The number of benzene rings is 2. The molecule has 2 aromatic carbocycles. The summed E-state index contributed by atoms with van der Waals surface area (Å²) in [5.74, 6) is -0.763. The van der Waals surface area contributed by atoms with Gasteiger partial charge in [-0.25, -0.2) is 4.39 Å². The Morgan fingerprint density at radius 3 is 2.39 bits per heavy atom. The predicted molar refractivity (Wildman–Crippen MR) is 117 cm³/mol. The van der Waals surface area contributed by atoms with Crippen LogP contribution in [0.2, 0.25) is 0 Å². The molecule has 0 saturated carbocycles. The van der Waals surface area contributed by atoms with Crippen LogP contribution < -0.4 is 5.32 Å². The van der Waals surface area contributed by atoms with Crippen LogP contribution in [0.4, 0.5) is 10.1 Å². The monoisotopic (exact) mass is 485 g/mol. The van der Waals surface area contributed by atoms with E-state index in [4.69, 9.17) is 0 Å². The average Bonchev–Trinajstić information content (AvgIpc) is 2.95. The van der Waals surface area contributed by atoms with Crippen LogP contribution >= 0.6 is 22.6 Å². The first-order chi connectivity index (χ1) is 13.4. The summed E-state index contributed by atoms with van der Waals surface area (Å²) in [6, 6.07) is 17.4. The van der Waals surface area contributed by atoms with Gasteiger partial charge in [-0.05, 0) is 103 Å². The molecule has 6 heteroatoms. The maximum absolute atomic E-state index is 13.2. The molecule has 0 saturated heterocycles. The molecular weight excluding hydrogens is 468 g/mol. The highest BCUT2D eigenvalue weighted by Crippen LogP contribution is 2.23. The lowest BCUT2D eigenvalue weighted by molar-refractivity contribution is -0.112. The van der Waals surface area contributed by atoms with Gasteiger partial charge in [0, 0.05) is 26.3 Å². The highest BCUT2D eigenvalue weighted by molar-refractivity contribution is 14.1. The van der Waals surface area contributed by atoms with Crippen LogP contribution in [-0.4, -0.2) is 10.5 Å². The molecule has 0 atom stereocenters. The number of hydrogen-bond donors (Lipinski definition) is 1. The molecule has 1 N–H and O–H groups in total. The van der Waals surface area contributed by atoms with Crippen LogP contribution in [-0.2, 0) is 4.79 Å². The van der Waals surface area contributed by atoms with Crippen molar-refractivity contribution in [1.82, 2.24) is 4.57 Å². The fraction of sp³-hybridized carbons (Fsp3) is 0.0909. The van der Waals surface area contributed by atoms with Crippen molar-refractivity contribution in [2.45, 2.75) is 13.8 Å². The normalized spacial score (nSPS) is 11.2. The van der Waals surface area contributed by atoms with Crippen LogP contribution in [0, 0.1) is 34.6 Å². The van der Waals surface area contributed by atoms with E-state index in [1.54, 1.807) is 30.3 Å². The number of nitriles is 1. The molecule has 0 unspecified atom stereocenters. The van der Waals surface area contributed by atoms with Gasteiger partial charge < -0.3 is 9.88 Å². The van der Waals surface area contributed by atoms with Crippen molar-refractivity contribution < 1.29 is 9.18 Å². The highest BCUT2D eigenvalue weighted by atomic mass is 127. The molecule has 0 spiro atoms. The van der Waals surface area contributed by atoms with Crippen LogP contribution in [0.15, 0.2) is 60.2 Å². The zero-order valence-corrected chi connectivity index (χ0v) is 17.5. The summed E-state index contributed by atoms with van der Waals surface area (Å²) in [6.07, 6.45) is 1.57. The molecule has 0 fully saturated rings. The Morgan fingerprint density at radius 1 is 1.14 bits per heavy atom. The third-order valence-corrected chi connectivity index (χ3v) is 5.04. The van der Waals surface area contributed by atoms with Gasteiger partial charge in [-0.3, -0.25) is 4.79 Å². The molecular formula is C22H17FIN3O. The molecule has 28 heavy (non-hydrogen) atoms. The van der Waals surface area contributed by atoms with Gasteiger partial charge in [-0.2, -0.15) is 5.26 Å². The van der Waals surface area contributed by atoms with Crippen molar-refractivity contribution >= 4 is 40.3 Å². The van der Waals surface area contributed by atoms with E-state index in [1.807, 2.05) is 42.7 Å². The molecule has 1 heterocycles. The molecule has 0 radical (unpaired) electrons. The Labute approximate surface area is 176 Å². The van der Waals surface area contributed by atoms with Crippen molar-refractivity contribution in [2.75, 3.05) is 5.32 Å². The third kappa shape index (κ3) is 4.31. The second-order valence-corrected chi connectivity index (χ2v) is 7.51. The first kappa shape index (κ1) is 19.8. The standard InChI is InChI=1S/C22H17FIN3O/c1-14-11-16(15(2)27(14)21-9-3-18(23)4-10-21)12-17(13-25)22(28)26-20-7-5-19(24)6-8-20/h3-12H,1-2H3,(H,26,28)/b17-12+. The number of aromatic nitrogens is 1. The molecule has 0 aliphatic heterocycles. The van der Waals surface area contributed by atoms with E-state index < -0.39 is 5.91 Å². The SMILES string of the molecule is Cc1cc(/C=C(\C#N)C(=O)Nc2ccc(I)cc2)c(C)n1-c1ccc(F)cc1. The Hall–Kier alpha value is -2.92. The Balaban J connectivity index is 1.91. The van der Waals surface area contributed by atoms with E-state index in [2.05, 4.69) is 27.9 Å². The number of amides is 1. The minimum atomic E-state index is -0.463. The Bertz CT molecular complexity index is 1090. The number of hydrogen-bond acceptors (Lipinski definition) is 2. The number of halogens is 2. The van der Waals surface area contributed by atoms with Gasteiger partial charge in [0.05, 0.1) is 0 Å². The molecule has 0 aliphatic rings. The van der Waals surface area contributed by atoms with Crippen LogP contribution in [0.25, 0.3) is 11.8 Å². The zero-order chi connectivity index (χ0) is 20.3. The summed E-state index contributed by atoms with van der Waals surface area (Å²) in [5.41, 5.74) is 4.00. The number of nitrogens with one attached hydrogen (secondary N) is 1. The number of rotatable bonds is 4. The second kappa shape index (κ2) is 8.40. The number of anilines is 1. The van der Waals surface area contributed by atoms with Gasteiger partial charge in [0.25, 0.3) is 5.91 Å². The largest absolute Gasteiger partial charge is 0.321 e. The molecule has 0 bridgehead atoms. The fourth-order valence-corrected chi connectivity index (χ4v) is 3.32.